The zero-order valence-electron chi connectivity index (χ0n) is 9.72. The van der Waals surface area contributed by atoms with E-state index in [0.717, 1.165) is 6.42 Å². The maximum Gasteiger partial charge on any atom is 0.326 e. The fourth-order valence-electron chi connectivity index (χ4n) is 1.88. The smallest absolute Gasteiger partial charge is 0.326 e. The van der Waals surface area contributed by atoms with E-state index in [1.165, 1.54) is 4.90 Å². The van der Waals surface area contributed by atoms with Gasteiger partial charge in [0, 0.05) is 19.4 Å². The lowest BCUT2D eigenvalue weighted by molar-refractivity contribution is -0.148. The van der Waals surface area contributed by atoms with Gasteiger partial charge in [-0.15, -0.1) is 0 Å². The summed E-state index contributed by atoms with van der Waals surface area (Å²) in [4.78, 5) is 24.0. The van der Waals surface area contributed by atoms with Crippen LogP contribution in [0.25, 0.3) is 0 Å². The van der Waals surface area contributed by atoms with Crippen molar-refractivity contribution in [2.45, 2.75) is 45.3 Å². The molecule has 1 aliphatic rings. The summed E-state index contributed by atoms with van der Waals surface area (Å²) in [5.74, 6) is -0.952. The van der Waals surface area contributed by atoms with Gasteiger partial charge < -0.3 is 15.1 Å². The molecule has 1 saturated heterocycles. The molecular formula is C11H19NO4. The van der Waals surface area contributed by atoms with Gasteiger partial charge >= 0.3 is 5.97 Å². The van der Waals surface area contributed by atoms with Crippen molar-refractivity contribution in [3.05, 3.63) is 0 Å². The average Bonchev–Trinajstić information content (AvgIpc) is 2.60. The monoisotopic (exact) mass is 229 g/mol. The molecule has 16 heavy (non-hydrogen) atoms. The third-order valence-corrected chi connectivity index (χ3v) is 3.10. The standard InChI is InChI=1S/C11H19NO4/c1-3-7(2)4-10(14)12-6-8(13)5-9(12)11(15)16/h7-9,13H,3-6H2,1-2H3,(H,15,16)/t7?,8-,9-/m0/s1. The van der Waals surface area contributed by atoms with E-state index in [4.69, 9.17) is 5.11 Å². The Morgan fingerprint density at radius 2 is 2.12 bits per heavy atom. The Labute approximate surface area is 95.1 Å². The molecule has 5 nitrogen and oxygen atoms in total. The lowest BCUT2D eigenvalue weighted by Crippen LogP contribution is -2.41. The van der Waals surface area contributed by atoms with Crippen LogP contribution in [0.4, 0.5) is 0 Å². The third kappa shape index (κ3) is 2.95. The summed E-state index contributed by atoms with van der Waals surface area (Å²) in [5, 5.41) is 18.3. The van der Waals surface area contributed by atoms with Crippen molar-refractivity contribution in [2.75, 3.05) is 6.54 Å². The van der Waals surface area contributed by atoms with Crippen molar-refractivity contribution in [3.8, 4) is 0 Å². The van der Waals surface area contributed by atoms with Gasteiger partial charge in [0.05, 0.1) is 6.10 Å². The highest BCUT2D eigenvalue weighted by molar-refractivity contribution is 5.84. The lowest BCUT2D eigenvalue weighted by Gasteiger charge is -2.22. The van der Waals surface area contributed by atoms with Crippen molar-refractivity contribution < 1.29 is 19.8 Å². The molecule has 0 aromatic carbocycles. The Hall–Kier alpha value is -1.10. The van der Waals surface area contributed by atoms with Gasteiger partial charge in [0.2, 0.25) is 5.91 Å². The minimum Gasteiger partial charge on any atom is -0.480 e. The number of carbonyl (C=O) groups excluding carboxylic acids is 1. The van der Waals surface area contributed by atoms with Gasteiger partial charge in [-0.25, -0.2) is 4.79 Å². The number of β-amino-alcohol motifs (C(OH)–C–C–N with tert-alkyl or cyclic N) is 1. The Morgan fingerprint density at radius 1 is 1.50 bits per heavy atom. The molecule has 0 aromatic heterocycles. The van der Waals surface area contributed by atoms with Crippen LogP contribution in [0.2, 0.25) is 0 Å². The molecule has 2 N–H and O–H groups in total. The number of aliphatic carboxylic acids is 1. The van der Waals surface area contributed by atoms with E-state index in [-0.39, 0.29) is 24.8 Å². The largest absolute Gasteiger partial charge is 0.480 e. The van der Waals surface area contributed by atoms with Crippen LogP contribution in [0.15, 0.2) is 0 Å². The molecule has 1 amide bonds. The lowest BCUT2D eigenvalue weighted by atomic mass is 10.0. The number of hydrogen-bond donors (Lipinski definition) is 2. The minimum absolute atomic E-state index is 0.140. The highest BCUT2D eigenvalue weighted by Gasteiger charge is 2.38. The topological polar surface area (TPSA) is 77.8 Å². The zero-order chi connectivity index (χ0) is 12.3. The normalized spacial score (nSPS) is 26.8. The summed E-state index contributed by atoms with van der Waals surface area (Å²) in [7, 11) is 0. The molecule has 0 spiro atoms. The summed E-state index contributed by atoms with van der Waals surface area (Å²) in [6.45, 7) is 4.10. The predicted octanol–water partition coefficient (Wildman–Crippen LogP) is 0.469. The predicted molar refractivity (Wildman–Crippen MR) is 57.8 cm³/mol. The molecular weight excluding hydrogens is 210 g/mol. The summed E-state index contributed by atoms with van der Waals surface area (Å²) in [5.41, 5.74) is 0. The first kappa shape index (κ1) is 13.0. The van der Waals surface area contributed by atoms with Crippen molar-refractivity contribution in [2.24, 2.45) is 5.92 Å². The van der Waals surface area contributed by atoms with Crippen LogP contribution >= 0.6 is 0 Å². The molecule has 1 rings (SSSR count). The van der Waals surface area contributed by atoms with Gasteiger partial charge in [-0.05, 0) is 5.92 Å². The van der Waals surface area contributed by atoms with Crippen molar-refractivity contribution in [1.82, 2.24) is 4.90 Å². The highest BCUT2D eigenvalue weighted by Crippen LogP contribution is 2.21. The van der Waals surface area contributed by atoms with Crippen LogP contribution < -0.4 is 0 Å². The van der Waals surface area contributed by atoms with Gasteiger partial charge in [-0.3, -0.25) is 4.79 Å². The molecule has 1 fully saturated rings. The molecule has 92 valence electrons. The van der Waals surface area contributed by atoms with Gasteiger partial charge in [0.1, 0.15) is 6.04 Å². The number of carboxylic acids is 1. The van der Waals surface area contributed by atoms with Crippen LogP contribution in [-0.4, -0.2) is 45.7 Å². The van der Waals surface area contributed by atoms with Crippen molar-refractivity contribution >= 4 is 11.9 Å². The fourth-order valence-corrected chi connectivity index (χ4v) is 1.88. The molecule has 3 atom stereocenters. The van der Waals surface area contributed by atoms with Crippen molar-refractivity contribution in [3.63, 3.8) is 0 Å². The number of carboxylic acid groups (broad SMARTS) is 1. The summed E-state index contributed by atoms with van der Waals surface area (Å²) < 4.78 is 0. The molecule has 1 unspecified atom stereocenters. The summed E-state index contributed by atoms with van der Waals surface area (Å²) in [6.07, 6.45) is 0.677. The van der Waals surface area contributed by atoms with E-state index >= 15 is 0 Å². The molecule has 0 aromatic rings. The van der Waals surface area contributed by atoms with Gasteiger partial charge in [0.15, 0.2) is 0 Å². The second-order valence-corrected chi connectivity index (χ2v) is 4.51. The first-order valence-electron chi connectivity index (χ1n) is 5.66. The van der Waals surface area contributed by atoms with Gasteiger partial charge in [-0.2, -0.15) is 0 Å². The van der Waals surface area contributed by atoms with E-state index in [1.54, 1.807) is 0 Å². The maximum absolute atomic E-state index is 11.8. The van der Waals surface area contributed by atoms with E-state index in [2.05, 4.69) is 0 Å². The van der Waals surface area contributed by atoms with Crippen molar-refractivity contribution in [1.29, 1.82) is 0 Å². The molecule has 1 heterocycles. The van der Waals surface area contributed by atoms with Crippen LogP contribution in [-0.2, 0) is 9.59 Å². The third-order valence-electron chi connectivity index (χ3n) is 3.10. The zero-order valence-corrected chi connectivity index (χ0v) is 9.72. The Morgan fingerprint density at radius 3 is 2.62 bits per heavy atom. The molecule has 0 saturated carbocycles. The molecule has 0 aliphatic carbocycles. The molecule has 5 heteroatoms. The number of aliphatic hydroxyl groups excluding tert-OH is 1. The first-order chi connectivity index (χ1) is 7.45. The second kappa shape index (κ2) is 5.30. The van der Waals surface area contributed by atoms with E-state index in [1.807, 2.05) is 13.8 Å². The number of amides is 1. The van der Waals surface area contributed by atoms with Gasteiger partial charge in [0.25, 0.3) is 0 Å². The highest BCUT2D eigenvalue weighted by atomic mass is 16.4. The average molecular weight is 229 g/mol. The van der Waals surface area contributed by atoms with Crippen LogP contribution in [0.5, 0.6) is 0 Å². The number of carbonyl (C=O) groups is 2. The van der Waals surface area contributed by atoms with Crippen LogP contribution in [0.1, 0.15) is 33.1 Å². The number of hydrogen-bond acceptors (Lipinski definition) is 3. The number of rotatable bonds is 4. The first-order valence-corrected chi connectivity index (χ1v) is 5.66. The maximum atomic E-state index is 11.8. The van der Waals surface area contributed by atoms with E-state index < -0.39 is 18.1 Å². The summed E-state index contributed by atoms with van der Waals surface area (Å²) in [6, 6.07) is -0.855. The second-order valence-electron chi connectivity index (χ2n) is 4.51. The number of likely N-dealkylation sites (tertiary alicyclic amines) is 1. The number of aliphatic hydroxyl groups is 1. The van der Waals surface area contributed by atoms with E-state index in [0.29, 0.717) is 6.42 Å². The van der Waals surface area contributed by atoms with E-state index in [9.17, 15) is 14.7 Å². The molecule has 0 bridgehead atoms. The molecule has 0 radical (unpaired) electrons. The SMILES string of the molecule is CCC(C)CC(=O)N1C[C@@H](O)C[C@H]1C(=O)O. The van der Waals surface area contributed by atoms with Crippen LogP contribution in [0.3, 0.4) is 0 Å². The Balaban J connectivity index is 2.63. The number of nitrogens with zero attached hydrogens (tertiary/aromatic N) is 1. The fraction of sp³-hybridized carbons (Fsp3) is 0.818. The quantitative estimate of drug-likeness (QED) is 0.734. The Bertz CT molecular complexity index is 279. The molecule has 1 aliphatic heterocycles. The van der Waals surface area contributed by atoms with Crippen LogP contribution in [0, 0.1) is 5.92 Å². The minimum atomic E-state index is -1.03. The van der Waals surface area contributed by atoms with Gasteiger partial charge in [-0.1, -0.05) is 20.3 Å². The Kier molecular flexibility index (Phi) is 4.29. The summed E-state index contributed by atoms with van der Waals surface area (Å²) >= 11 is 0.